The van der Waals surface area contributed by atoms with Crippen molar-refractivity contribution in [3.63, 3.8) is 0 Å². The second kappa shape index (κ2) is 9.80. The topological polar surface area (TPSA) is 180 Å². The molecule has 3 aromatic rings. The second-order valence-electron chi connectivity index (χ2n) is 7.22. The number of nitrogens with two attached hydrogens (primary N) is 1. The first-order valence-corrected chi connectivity index (χ1v) is 11.3. The molecule has 1 heterocycles. The number of aromatic amines is 1. The van der Waals surface area contributed by atoms with Gasteiger partial charge in [0.2, 0.25) is 10.0 Å². The fourth-order valence-electron chi connectivity index (χ4n) is 3.18. The number of aromatic nitrogens is 2. The van der Waals surface area contributed by atoms with E-state index in [1.165, 1.54) is 43.5 Å². The molecule has 0 aliphatic rings. The molecule has 0 spiro atoms. The minimum absolute atomic E-state index is 0.0334. The summed E-state index contributed by atoms with van der Waals surface area (Å²) in [5.41, 5.74) is 1.12. The number of carbonyl (C=O) groups is 1. The van der Waals surface area contributed by atoms with Gasteiger partial charge in [0.15, 0.2) is 0 Å². The van der Waals surface area contributed by atoms with Crippen molar-refractivity contribution in [2.24, 2.45) is 10.1 Å². The van der Waals surface area contributed by atoms with Crippen molar-refractivity contribution in [2.75, 3.05) is 7.11 Å². The fourth-order valence-corrected chi connectivity index (χ4v) is 3.69. The van der Waals surface area contributed by atoms with Gasteiger partial charge in [0.05, 0.1) is 46.8 Å². The van der Waals surface area contributed by atoms with E-state index in [9.17, 15) is 28.1 Å². The van der Waals surface area contributed by atoms with Gasteiger partial charge < -0.3 is 4.74 Å². The maximum absolute atomic E-state index is 13.2. The highest BCUT2D eigenvalue weighted by Gasteiger charge is 2.20. The summed E-state index contributed by atoms with van der Waals surface area (Å²) in [7, 11) is -2.59. The van der Waals surface area contributed by atoms with Crippen LogP contribution in [-0.4, -0.2) is 41.9 Å². The van der Waals surface area contributed by atoms with Gasteiger partial charge in [-0.25, -0.2) is 18.2 Å². The van der Waals surface area contributed by atoms with Gasteiger partial charge in [-0.15, -0.1) is 0 Å². The van der Waals surface area contributed by atoms with Gasteiger partial charge in [-0.05, 0) is 36.8 Å². The van der Waals surface area contributed by atoms with Crippen molar-refractivity contribution in [1.82, 2.24) is 9.78 Å². The maximum atomic E-state index is 13.2. The Labute approximate surface area is 193 Å². The number of esters is 1. The lowest BCUT2D eigenvalue weighted by molar-refractivity contribution is -0.384. The largest absolute Gasteiger partial charge is 0.469 e. The van der Waals surface area contributed by atoms with E-state index in [-0.39, 0.29) is 34.8 Å². The Balaban J connectivity index is 1.98. The number of H-pyrrole nitrogens is 1. The summed E-state index contributed by atoms with van der Waals surface area (Å²) in [5.74, 6) is -0.579. The molecule has 0 aliphatic carbocycles. The summed E-state index contributed by atoms with van der Waals surface area (Å²) in [4.78, 5) is 39.8. The summed E-state index contributed by atoms with van der Waals surface area (Å²) in [6.45, 7) is 1.74. The lowest BCUT2D eigenvalue weighted by Crippen LogP contribution is -2.20. The van der Waals surface area contributed by atoms with Crippen molar-refractivity contribution in [3.8, 4) is 5.69 Å². The molecule has 0 bridgehead atoms. The van der Waals surface area contributed by atoms with Crippen molar-refractivity contribution in [2.45, 2.75) is 24.8 Å². The van der Waals surface area contributed by atoms with Crippen LogP contribution >= 0.6 is 0 Å². The number of hydrogen-bond acceptors (Lipinski definition) is 8. The number of non-ortho nitro benzene ring substituents is 1. The Morgan fingerprint density at radius 1 is 1.18 bits per heavy atom. The summed E-state index contributed by atoms with van der Waals surface area (Å²) in [5, 5.41) is 18.9. The van der Waals surface area contributed by atoms with E-state index in [1.807, 2.05) is 0 Å². The first-order chi connectivity index (χ1) is 16.0. The van der Waals surface area contributed by atoms with E-state index in [4.69, 9.17) is 9.88 Å². The number of sulfonamides is 1. The van der Waals surface area contributed by atoms with Gasteiger partial charge in [0.1, 0.15) is 0 Å². The molecular weight excluding hydrogens is 466 g/mol. The zero-order chi connectivity index (χ0) is 25.0. The predicted octanol–water partition coefficient (Wildman–Crippen LogP) is 1.45. The van der Waals surface area contributed by atoms with Crippen LogP contribution in [-0.2, 0) is 32.5 Å². The predicted molar refractivity (Wildman–Crippen MR) is 122 cm³/mol. The Morgan fingerprint density at radius 3 is 2.32 bits per heavy atom. The van der Waals surface area contributed by atoms with E-state index in [0.717, 1.165) is 4.68 Å². The smallest absolute Gasteiger partial charge is 0.311 e. The Hall–Kier alpha value is -4.10. The zero-order valence-electron chi connectivity index (χ0n) is 18.2. The van der Waals surface area contributed by atoms with Gasteiger partial charge in [0.25, 0.3) is 11.2 Å². The summed E-state index contributed by atoms with van der Waals surface area (Å²) in [6.07, 6.45) is -0.225. The summed E-state index contributed by atoms with van der Waals surface area (Å²) >= 11 is 0. The third-order valence-corrected chi connectivity index (χ3v) is 5.87. The first-order valence-electron chi connectivity index (χ1n) is 9.80. The molecule has 0 radical (unpaired) electrons. The molecule has 3 N–H and O–H groups in total. The molecular formula is C21H21N5O7S. The number of benzene rings is 2. The van der Waals surface area contributed by atoms with E-state index < -0.39 is 26.5 Å². The molecule has 3 rings (SSSR count). The number of ether oxygens (including phenoxy) is 1. The van der Waals surface area contributed by atoms with Gasteiger partial charge in [-0.2, -0.15) is 0 Å². The first kappa shape index (κ1) is 24.5. The standard InChI is InChI=1S/C21H21N5O7S/c1-13(23-12-14-3-9-17(10-4-14)34(22,31)32)20-18(11-19(27)33-2)24-25(21(20)28)15-5-7-16(8-6-15)26(29)30/h3-10,24H,11-12H2,1-2H3,(H2,22,31,32). The lowest BCUT2D eigenvalue weighted by atomic mass is 10.1. The number of nitro groups is 1. The molecule has 0 saturated heterocycles. The molecule has 0 fully saturated rings. The van der Waals surface area contributed by atoms with Crippen molar-refractivity contribution >= 4 is 27.4 Å². The molecule has 2 aromatic carbocycles. The molecule has 0 unspecified atom stereocenters. The second-order valence-corrected chi connectivity index (χ2v) is 8.78. The minimum atomic E-state index is -3.82. The molecule has 1 aromatic heterocycles. The molecule has 12 nitrogen and oxygen atoms in total. The third kappa shape index (κ3) is 5.44. The van der Waals surface area contributed by atoms with E-state index in [0.29, 0.717) is 17.0 Å². The van der Waals surface area contributed by atoms with E-state index in [1.54, 1.807) is 19.1 Å². The van der Waals surface area contributed by atoms with E-state index >= 15 is 0 Å². The van der Waals surface area contributed by atoms with Crippen molar-refractivity contribution in [3.05, 3.63) is 85.8 Å². The molecule has 0 aliphatic heterocycles. The van der Waals surface area contributed by atoms with Crippen LogP contribution in [0.15, 0.2) is 63.2 Å². The average molecular weight is 487 g/mol. The number of nitrogens with one attached hydrogen (secondary N) is 1. The van der Waals surface area contributed by atoms with Gasteiger partial charge in [-0.1, -0.05) is 12.1 Å². The van der Waals surface area contributed by atoms with Gasteiger partial charge >= 0.3 is 5.97 Å². The molecule has 0 saturated carbocycles. The normalized spacial score (nSPS) is 11.9. The number of carbonyl (C=O) groups excluding carboxylic acids is 1. The number of nitrogens with zero attached hydrogens (tertiary/aromatic N) is 3. The number of methoxy groups -OCH3 is 1. The van der Waals surface area contributed by atoms with Crippen LogP contribution in [0.5, 0.6) is 0 Å². The number of aliphatic imine (C=N–C) groups is 1. The fraction of sp³-hybridized carbons (Fsp3) is 0.190. The monoisotopic (exact) mass is 487 g/mol. The third-order valence-electron chi connectivity index (χ3n) is 4.95. The zero-order valence-corrected chi connectivity index (χ0v) is 19.0. The van der Waals surface area contributed by atoms with Crippen molar-refractivity contribution < 1.29 is 22.9 Å². The lowest BCUT2D eigenvalue weighted by Gasteiger charge is -2.03. The van der Waals surface area contributed by atoms with Crippen LogP contribution in [0.2, 0.25) is 0 Å². The summed E-state index contributed by atoms with van der Waals surface area (Å²) < 4.78 is 28.7. The van der Waals surface area contributed by atoms with Crippen LogP contribution in [0.4, 0.5) is 5.69 Å². The Bertz CT molecular complexity index is 1420. The quantitative estimate of drug-likeness (QED) is 0.209. The number of hydrogen-bond donors (Lipinski definition) is 2. The van der Waals surface area contributed by atoms with Crippen LogP contribution in [0.25, 0.3) is 5.69 Å². The SMILES string of the molecule is COC(=O)Cc1[nH]n(-c2ccc([N+](=O)[O-])cc2)c(=O)c1C(C)=NCc1ccc(S(N)(=O)=O)cc1. The van der Waals surface area contributed by atoms with Crippen LogP contribution in [0.3, 0.4) is 0 Å². The minimum Gasteiger partial charge on any atom is -0.469 e. The maximum Gasteiger partial charge on any atom is 0.311 e. The van der Waals surface area contributed by atoms with Crippen molar-refractivity contribution in [1.29, 1.82) is 0 Å². The number of primary sulfonamides is 1. The molecule has 0 amide bonds. The highest BCUT2D eigenvalue weighted by Crippen LogP contribution is 2.16. The molecule has 13 heteroatoms. The Morgan fingerprint density at radius 2 is 1.79 bits per heavy atom. The van der Waals surface area contributed by atoms with Gasteiger partial charge in [-0.3, -0.25) is 29.8 Å². The van der Waals surface area contributed by atoms with Crippen LogP contribution in [0.1, 0.15) is 23.7 Å². The number of nitro benzene ring substituents is 1. The van der Waals surface area contributed by atoms with Crippen LogP contribution < -0.4 is 10.7 Å². The van der Waals surface area contributed by atoms with Gasteiger partial charge in [0, 0.05) is 17.8 Å². The molecule has 178 valence electrons. The van der Waals surface area contributed by atoms with E-state index in [2.05, 4.69) is 10.1 Å². The number of rotatable bonds is 8. The highest BCUT2D eigenvalue weighted by molar-refractivity contribution is 7.89. The highest BCUT2D eigenvalue weighted by atomic mass is 32.2. The Kier molecular flexibility index (Phi) is 7.08. The summed E-state index contributed by atoms with van der Waals surface area (Å²) in [6, 6.07) is 11.1. The van der Waals surface area contributed by atoms with Crippen LogP contribution in [0, 0.1) is 10.1 Å². The average Bonchev–Trinajstić information content (AvgIpc) is 3.12. The molecule has 34 heavy (non-hydrogen) atoms. The molecule has 0 atom stereocenters.